The molecular weight excluding hydrogens is 304 g/mol. The number of pyridine rings is 2. The Morgan fingerprint density at radius 3 is 1.84 bits per heavy atom. The lowest BCUT2D eigenvalue weighted by molar-refractivity contribution is -0.703. The van der Waals surface area contributed by atoms with E-state index in [9.17, 15) is 0 Å². The van der Waals surface area contributed by atoms with Crippen LogP contribution in [0.3, 0.4) is 0 Å². The second-order valence-corrected chi connectivity index (χ2v) is 7.18. The van der Waals surface area contributed by atoms with Crippen LogP contribution in [0.1, 0.15) is 31.2 Å². The monoisotopic (exact) mass is 330 g/mol. The van der Waals surface area contributed by atoms with Gasteiger partial charge in [-0.05, 0) is 24.0 Å². The summed E-state index contributed by atoms with van der Waals surface area (Å²) in [5.74, 6) is 0.879. The largest absolute Gasteiger partial charge is 0.205 e. The minimum absolute atomic E-state index is 0.879. The molecule has 2 heteroatoms. The molecule has 0 radical (unpaired) electrons. The summed E-state index contributed by atoms with van der Waals surface area (Å²) < 4.78 is 4.57. The molecule has 2 nitrogen and oxygen atoms in total. The van der Waals surface area contributed by atoms with E-state index in [1.807, 2.05) is 0 Å². The Kier molecular flexibility index (Phi) is 4.87. The summed E-state index contributed by atoms with van der Waals surface area (Å²) in [6.07, 6.45) is 14.4. The molecule has 0 atom stereocenters. The quantitative estimate of drug-likeness (QED) is 0.620. The van der Waals surface area contributed by atoms with Gasteiger partial charge in [-0.1, -0.05) is 43.2 Å². The zero-order chi connectivity index (χ0) is 16.9. The molecule has 2 aromatic heterocycles. The fourth-order valence-electron chi connectivity index (χ4n) is 3.81. The highest BCUT2D eigenvalue weighted by molar-refractivity contribution is 5.60. The smallest absolute Gasteiger partial charge is 0.173 e. The lowest BCUT2D eigenvalue weighted by Crippen LogP contribution is -2.36. The van der Waals surface area contributed by atoms with Crippen LogP contribution in [0.4, 0.5) is 0 Å². The molecule has 3 aromatic rings. The van der Waals surface area contributed by atoms with Crippen LogP contribution >= 0.6 is 0 Å². The van der Waals surface area contributed by atoms with Gasteiger partial charge in [-0.25, -0.2) is 9.13 Å². The number of nitrogens with zero attached hydrogens (tertiary/aromatic N) is 2. The third-order valence-electron chi connectivity index (χ3n) is 5.27. The zero-order valence-corrected chi connectivity index (χ0v) is 14.7. The molecule has 1 saturated carbocycles. The predicted octanol–water partition coefficient (Wildman–Crippen LogP) is 4.17. The Hall–Kier alpha value is -2.48. The average Bonchev–Trinajstić information content (AvgIpc) is 3.17. The van der Waals surface area contributed by atoms with E-state index in [2.05, 4.69) is 88.5 Å². The van der Waals surface area contributed by atoms with E-state index in [1.165, 1.54) is 48.9 Å². The number of rotatable bonds is 5. The van der Waals surface area contributed by atoms with Crippen LogP contribution in [0.15, 0.2) is 79.4 Å². The van der Waals surface area contributed by atoms with Gasteiger partial charge in [0.1, 0.15) is 0 Å². The van der Waals surface area contributed by atoms with E-state index in [0.29, 0.717) is 0 Å². The highest BCUT2D eigenvalue weighted by Crippen LogP contribution is 2.24. The van der Waals surface area contributed by atoms with Gasteiger partial charge in [-0.3, -0.25) is 0 Å². The van der Waals surface area contributed by atoms with Gasteiger partial charge in [0.05, 0.1) is 0 Å². The van der Waals surface area contributed by atoms with Crippen molar-refractivity contribution in [2.75, 3.05) is 0 Å². The topological polar surface area (TPSA) is 7.76 Å². The fourth-order valence-corrected chi connectivity index (χ4v) is 3.81. The summed E-state index contributed by atoms with van der Waals surface area (Å²) in [4.78, 5) is 0. The van der Waals surface area contributed by atoms with E-state index in [1.54, 1.807) is 0 Å². The lowest BCUT2D eigenvalue weighted by atomic mass is 10.1. The normalized spacial score (nSPS) is 14.7. The molecule has 0 N–H and O–H groups in total. The minimum atomic E-state index is 0.879. The third-order valence-corrected chi connectivity index (χ3v) is 5.27. The highest BCUT2D eigenvalue weighted by Gasteiger charge is 2.19. The van der Waals surface area contributed by atoms with Crippen molar-refractivity contribution < 1.29 is 9.13 Å². The van der Waals surface area contributed by atoms with Crippen molar-refractivity contribution >= 4 is 0 Å². The summed E-state index contributed by atoms with van der Waals surface area (Å²) >= 11 is 0. The number of benzene rings is 1. The minimum Gasteiger partial charge on any atom is -0.205 e. The maximum atomic E-state index is 2.35. The molecule has 25 heavy (non-hydrogen) atoms. The maximum Gasteiger partial charge on any atom is 0.173 e. The van der Waals surface area contributed by atoms with Crippen molar-refractivity contribution in [3.63, 3.8) is 0 Å². The van der Waals surface area contributed by atoms with Crippen LogP contribution in [-0.4, -0.2) is 0 Å². The predicted molar refractivity (Wildman–Crippen MR) is 99.8 cm³/mol. The van der Waals surface area contributed by atoms with E-state index in [-0.39, 0.29) is 0 Å². The molecule has 0 aliphatic heterocycles. The van der Waals surface area contributed by atoms with Gasteiger partial charge in [-0.15, -0.1) is 0 Å². The molecule has 126 valence electrons. The maximum absolute atomic E-state index is 2.35. The van der Waals surface area contributed by atoms with Crippen molar-refractivity contribution in [2.45, 2.75) is 38.8 Å². The van der Waals surface area contributed by atoms with Crippen LogP contribution in [0.2, 0.25) is 0 Å². The first-order valence-corrected chi connectivity index (χ1v) is 9.39. The van der Waals surface area contributed by atoms with Crippen LogP contribution in [0, 0.1) is 5.92 Å². The van der Waals surface area contributed by atoms with E-state index < -0.39 is 0 Å². The van der Waals surface area contributed by atoms with Gasteiger partial charge in [0.25, 0.3) is 0 Å². The Labute approximate surface area is 150 Å². The van der Waals surface area contributed by atoms with Crippen LogP contribution in [-0.2, 0) is 13.1 Å². The molecule has 1 aliphatic carbocycles. The van der Waals surface area contributed by atoms with Crippen LogP contribution in [0.25, 0.3) is 11.1 Å². The van der Waals surface area contributed by atoms with Gasteiger partial charge in [0.15, 0.2) is 37.9 Å². The number of hydrogen-bond acceptors (Lipinski definition) is 0. The molecule has 0 spiro atoms. The first-order chi connectivity index (χ1) is 12.4. The molecule has 0 amide bonds. The van der Waals surface area contributed by atoms with Gasteiger partial charge in [0, 0.05) is 35.7 Å². The molecule has 2 heterocycles. The summed E-state index contributed by atoms with van der Waals surface area (Å²) in [6, 6.07) is 19.5. The zero-order valence-electron chi connectivity index (χ0n) is 14.7. The average molecular weight is 330 g/mol. The van der Waals surface area contributed by atoms with E-state index in [0.717, 1.165) is 12.5 Å². The van der Waals surface area contributed by atoms with Crippen molar-refractivity contribution in [1.82, 2.24) is 0 Å². The summed E-state index contributed by atoms with van der Waals surface area (Å²) in [5.41, 5.74) is 3.89. The Morgan fingerprint density at radius 1 is 0.680 bits per heavy atom. The first kappa shape index (κ1) is 16.0. The standard InChI is InChI=1S/C23H26N2/c1-2-6-20(7-3-1)18-24-14-10-22(11-15-24)23-12-16-25(17-13-23)19-21-8-4-5-9-21/h1-3,6-7,10-17,21H,4-5,8-9,18-19H2/q+2. The van der Waals surface area contributed by atoms with E-state index >= 15 is 0 Å². The van der Waals surface area contributed by atoms with Crippen molar-refractivity contribution in [1.29, 1.82) is 0 Å². The molecule has 1 fully saturated rings. The molecule has 1 aromatic carbocycles. The summed E-state index contributed by atoms with van der Waals surface area (Å²) in [5, 5.41) is 0. The van der Waals surface area contributed by atoms with Gasteiger partial charge < -0.3 is 0 Å². The molecular formula is C23H26N2+2. The second kappa shape index (κ2) is 7.60. The molecule has 4 rings (SSSR count). The van der Waals surface area contributed by atoms with Gasteiger partial charge >= 0.3 is 0 Å². The Balaban J connectivity index is 1.42. The molecule has 0 bridgehead atoms. The summed E-state index contributed by atoms with van der Waals surface area (Å²) in [7, 11) is 0. The number of aromatic nitrogens is 2. The third kappa shape index (κ3) is 4.14. The first-order valence-electron chi connectivity index (χ1n) is 9.39. The Morgan fingerprint density at radius 2 is 1.24 bits per heavy atom. The molecule has 1 aliphatic rings. The van der Waals surface area contributed by atoms with Crippen molar-refractivity contribution in [3.05, 3.63) is 84.9 Å². The molecule has 0 saturated heterocycles. The second-order valence-electron chi connectivity index (χ2n) is 7.18. The van der Waals surface area contributed by atoms with Crippen molar-refractivity contribution in [2.24, 2.45) is 5.92 Å². The van der Waals surface area contributed by atoms with Crippen LogP contribution < -0.4 is 9.13 Å². The number of hydrogen-bond donors (Lipinski definition) is 0. The Bertz CT molecular complexity index is 786. The van der Waals surface area contributed by atoms with Gasteiger partial charge in [-0.2, -0.15) is 0 Å². The fraction of sp³-hybridized carbons (Fsp3) is 0.304. The molecule has 0 unspecified atom stereocenters. The SMILES string of the molecule is c1ccc(C[n+]2ccc(-c3cc[n+](CC4CCCC4)cc3)cc2)cc1. The van der Waals surface area contributed by atoms with Gasteiger partial charge in [0.2, 0.25) is 0 Å². The van der Waals surface area contributed by atoms with E-state index in [4.69, 9.17) is 0 Å². The van der Waals surface area contributed by atoms with Crippen molar-refractivity contribution in [3.8, 4) is 11.1 Å². The lowest BCUT2D eigenvalue weighted by Gasteiger charge is -2.05. The summed E-state index contributed by atoms with van der Waals surface area (Å²) in [6.45, 7) is 2.09. The van der Waals surface area contributed by atoms with Crippen LogP contribution in [0.5, 0.6) is 0 Å². The highest BCUT2D eigenvalue weighted by atomic mass is 14.9.